The average Bonchev–Trinajstić information content (AvgIpc) is 2.53. The number of hydrogen-bond donors (Lipinski definition) is 1. The maximum atomic E-state index is 12.0. The van der Waals surface area contributed by atoms with E-state index in [1.54, 1.807) is 24.3 Å². The minimum absolute atomic E-state index is 0.0103. The molecule has 1 N–H and O–H groups in total. The summed E-state index contributed by atoms with van der Waals surface area (Å²) in [4.78, 5) is 22.1. The molecule has 6 heteroatoms. The zero-order chi connectivity index (χ0) is 16.8. The molecule has 0 aromatic heterocycles. The van der Waals surface area contributed by atoms with Gasteiger partial charge in [-0.15, -0.1) is 0 Å². The Kier molecular flexibility index (Phi) is 5.09. The highest BCUT2D eigenvalue weighted by Crippen LogP contribution is 2.25. The van der Waals surface area contributed by atoms with Crippen molar-refractivity contribution in [2.75, 3.05) is 12.4 Å². The molecule has 0 aliphatic rings. The quantitative estimate of drug-likeness (QED) is 0.520. The first-order valence-electron chi connectivity index (χ1n) is 6.88. The van der Waals surface area contributed by atoms with E-state index in [0.717, 1.165) is 5.56 Å². The Labute approximate surface area is 133 Å². The summed E-state index contributed by atoms with van der Waals surface area (Å²) in [5.41, 5.74) is 2.30. The van der Waals surface area contributed by atoms with E-state index in [2.05, 4.69) is 5.32 Å². The highest BCUT2D eigenvalue weighted by Gasteiger charge is 2.06. The van der Waals surface area contributed by atoms with Gasteiger partial charge in [-0.3, -0.25) is 14.9 Å². The van der Waals surface area contributed by atoms with Gasteiger partial charge >= 0.3 is 0 Å². The summed E-state index contributed by atoms with van der Waals surface area (Å²) < 4.78 is 5.20. The molecule has 0 aliphatic carbocycles. The number of amides is 1. The number of ether oxygens (including phenoxy) is 1. The van der Waals surface area contributed by atoms with Crippen LogP contribution in [0.25, 0.3) is 6.08 Å². The third-order valence-corrected chi connectivity index (χ3v) is 3.14. The number of rotatable bonds is 5. The van der Waals surface area contributed by atoms with Crippen LogP contribution in [0.1, 0.15) is 11.1 Å². The van der Waals surface area contributed by atoms with Gasteiger partial charge in [0.15, 0.2) is 0 Å². The number of methoxy groups -OCH3 is 1. The third-order valence-electron chi connectivity index (χ3n) is 3.14. The molecular formula is C17H16N2O4. The number of nitrogens with one attached hydrogen (secondary N) is 1. The minimum atomic E-state index is -0.468. The molecule has 118 valence electrons. The van der Waals surface area contributed by atoms with Crippen LogP contribution in [0.3, 0.4) is 0 Å². The van der Waals surface area contributed by atoms with E-state index < -0.39 is 4.92 Å². The average molecular weight is 312 g/mol. The van der Waals surface area contributed by atoms with Gasteiger partial charge in [-0.05, 0) is 48.4 Å². The maximum Gasteiger partial charge on any atom is 0.269 e. The maximum absolute atomic E-state index is 12.0. The number of nitrogens with zero attached hydrogens (tertiary/aromatic N) is 1. The summed E-state index contributed by atoms with van der Waals surface area (Å²) in [7, 11) is 1.53. The first kappa shape index (κ1) is 16.2. The smallest absolute Gasteiger partial charge is 0.269 e. The van der Waals surface area contributed by atoms with Crippen molar-refractivity contribution < 1.29 is 14.5 Å². The predicted molar refractivity (Wildman–Crippen MR) is 88.5 cm³/mol. The summed E-state index contributed by atoms with van der Waals surface area (Å²) in [6.45, 7) is 1.92. The minimum Gasteiger partial charge on any atom is -0.495 e. The van der Waals surface area contributed by atoms with E-state index in [1.165, 1.54) is 25.3 Å². The first-order chi connectivity index (χ1) is 11.0. The number of nitro benzene ring substituents is 1. The molecule has 0 fully saturated rings. The number of carbonyl (C=O) groups excluding carboxylic acids is 1. The van der Waals surface area contributed by atoms with Crippen molar-refractivity contribution in [3.63, 3.8) is 0 Å². The van der Waals surface area contributed by atoms with Crippen molar-refractivity contribution in [1.29, 1.82) is 0 Å². The zero-order valence-corrected chi connectivity index (χ0v) is 12.8. The number of nitro groups is 1. The van der Waals surface area contributed by atoms with Gasteiger partial charge in [-0.1, -0.05) is 6.07 Å². The second kappa shape index (κ2) is 7.22. The van der Waals surface area contributed by atoms with Gasteiger partial charge < -0.3 is 10.1 Å². The number of hydrogen-bond acceptors (Lipinski definition) is 4. The molecule has 2 aromatic rings. The van der Waals surface area contributed by atoms with E-state index in [9.17, 15) is 14.9 Å². The molecule has 0 aliphatic heterocycles. The number of anilines is 1. The summed E-state index contributed by atoms with van der Waals surface area (Å²) in [6, 6.07) is 11.4. The molecule has 0 saturated carbocycles. The molecule has 0 bridgehead atoms. The lowest BCUT2D eigenvalue weighted by Crippen LogP contribution is -2.09. The Hall–Kier alpha value is -3.15. The number of carbonyl (C=O) groups is 1. The van der Waals surface area contributed by atoms with Crippen molar-refractivity contribution in [1.82, 2.24) is 0 Å². The van der Waals surface area contributed by atoms with E-state index in [1.807, 2.05) is 19.1 Å². The second-order valence-corrected chi connectivity index (χ2v) is 4.87. The second-order valence-electron chi connectivity index (χ2n) is 4.87. The standard InChI is InChI=1S/C17H16N2O4/c1-12-3-9-16(23-2)15(11-12)18-17(20)10-6-13-4-7-14(8-5-13)19(21)22/h3-11H,1-2H3,(H,18,20)/b10-6+. The molecule has 0 heterocycles. The van der Waals surface area contributed by atoms with E-state index in [-0.39, 0.29) is 11.6 Å². The van der Waals surface area contributed by atoms with E-state index in [0.29, 0.717) is 17.0 Å². The molecule has 1 amide bonds. The van der Waals surface area contributed by atoms with Gasteiger partial charge in [0, 0.05) is 18.2 Å². The highest BCUT2D eigenvalue weighted by molar-refractivity contribution is 6.02. The van der Waals surface area contributed by atoms with Gasteiger partial charge in [-0.25, -0.2) is 0 Å². The fraction of sp³-hybridized carbons (Fsp3) is 0.118. The van der Waals surface area contributed by atoms with E-state index in [4.69, 9.17) is 4.74 Å². The zero-order valence-electron chi connectivity index (χ0n) is 12.8. The first-order valence-corrected chi connectivity index (χ1v) is 6.88. The number of non-ortho nitro benzene ring substituents is 1. The summed E-state index contributed by atoms with van der Waals surface area (Å²) >= 11 is 0. The van der Waals surface area contributed by atoms with Crippen LogP contribution in [0.5, 0.6) is 5.75 Å². The van der Waals surface area contributed by atoms with Gasteiger partial charge in [0.05, 0.1) is 17.7 Å². The topological polar surface area (TPSA) is 81.5 Å². The van der Waals surface area contributed by atoms with Crippen molar-refractivity contribution in [2.24, 2.45) is 0 Å². The molecule has 0 radical (unpaired) electrons. The third kappa shape index (κ3) is 4.41. The van der Waals surface area contributed by atoms with Crippen LogP contribution in [0.4, 0.5) is 11.4 Å². The molecule has 6 nitrogen and oxygen atoms in total. The van der Waals surface area contributed by atoms with Crippen LogP contribution in [0, 0.1) is 17.0 Å². The molecule has 0 spiro atoms. The lowest BCUT2D eigenvalue weighted by atomic mass is 10.2. The molecule has 2 rings (SSSR count). The van der Waals surface area contributed by atoms with E-state index >= 15 is 0 Å². The number of benzene rings is 2. The Morgan fingerprint density at radius 3 is 2.52 bits per heavy atom. The van der Waals surface area contributed by atoms with Gasteiger partial charge in [0.2, 0.25) is 5.91 Å². The molecular weight excluding hydrogens is 296 g/mol. The van der Waals surface area contributed by atoms with Gasteiger partial charge in [-0.2, -0.15) is 0 Å². The largest absolute Gasteiger partial charge is 0.495 e. The van der Waals surface area contributed by atoms with Gasteiger partial charge in [0.25, 0.3) is 5.69 Å². The Morgan fingerprint density at radius 1 is 1.22 bits per heavy atom. The Morgan fingerprint density at radius 2 is 1.91 bits per heavy atom. The monoisotopic (exact) mass is 312 g/mol. The van der Waals surface area contributed by atoms with Crippen molar-refractivity contribution in [2.45, 2.75) is 6.92 Å². The molecule has 0 saturated heterocycles. The molecule has 0 unspecified atom stereocenters. The summed E-state index contributed by atoms with van der Waals surface area (Å²) in [6.07, 6.45) is 2.95. The van der Waals surface area contributed by atoms with Crippen molar-refractivity contribution in [3.05, 3.63) is 69.8 Å². The highest BCUT2D eigenvalue weighted by atomic mass is 16.6. The molecule has 0 atom stereocenters. The summed E-state index contributed by atoms with van der Waals surface area (Å²) in [5.74, 6) is 0.264. The van der Waals surface area contributed by atoms with Gasteiger partial charge in [0.1, 0.15) is 5.75 Å². The van der Waals surface area contributed by atoms with Crippen molar-refractivity contribution >= 4 is 23.4 Å². The van der Waals surface area contributed by atoms with Crippen LogP contribution >= 0.6 is 0 Å². The molecule has 2 aromatic carbocycles. The van der Waals surface area contributed by atoms with Crippen LogP contribution in [0.15, 0.2) is 48.5 Å². The van der Waals surface area contributed by atoms with Crippen LogP contribution in [-0.4, -0.2) is 17.9 Å². The Bertz CT molecular complexity index is 752. The molecule has 23 heavy (non-hydrogen) atoms. The van der Waals surface area contributed by atoms with Crippen molar-refractivity contribution in [3.8, 4) is 5.75 Å². The number of aryl methyl sites for hydroxylation is 1. The van der Waals surface area contributed by atoms with Crippen LogP contribution in [0.2, 0.25) is 0 Å². The normalized spacial score (nSPS) is 10.5. The summed E-state index contributed by atoms with van der Waals surface area (Å²) in [5, 5.41) is 13.3. The SMILES string of the molecule is COc1ccc(C)cc1NC(=O)/C=C/c1ccc([N+](=O)[O-])cc1. The lowest BCUT2D eigenvalue weighted by Gasteiger charge is -2.09. The van der Waals surface area contributed by atoms with Crippen LogP contribution < -0.4 is 10.1 Å². The Balaban J connectivity index is 2.07. The lowest BCUT2D eigenvalue weighted by molar-refractivity contribution is -0.384. The van der Waals surface area contributed by atoms with Crippen LogP contribution in [-0.2, 0) is 4.79 Å². The predicted octanol–water partition coefficient (Wildman–Crippen LogP) is 3.56. The fourth-order valence-electron chi connectivity index (χ4n) is 1.97. The fourth-order valence-corrected chi connectivity index (χ4v) is 1.97.